The predicted molar refractivity (Wildman–Crippen MR) is 70.7 cm³/mol. The molecule has 1 fully saturated rings. The molecule has 1 heterocycles. The van der Waals surface area contributed by atoms with Crippen molar-refractivity contribution in [2.75, 3.05) is 0 Å². The highest BCUT2D eigenvalue weighted by Crippen LogP contribution is 2.37. The Morgan fingerprint density at radius 1 is 1.53 bits per heavy atom. The summed E-state index contributed by atoms with van der Waals surface area (Å²) in [6, 6.07) is 0. The molecule has 0 aliphatic heterocycles. The van der Waals surface area contributed by atoms with Crippen LogP contribution in [0.2, 0.25) is 0 Å². The van der Waals surface area contributed by atoms with Gasteiger partial charge in [-0.2, -0.15) is 5.10 Å². The maximum atomic E-state index is 6.64. The van der Waals surface area contributed by atoms with Gasteiger partial charge in [0.25, 0.3) is 0 Å². The van der Waals surface area contributed by atoms with E-state index in [-0.39, 0.29) is 5.54 Å². The van der Waals surface area contributed by atoms with Crippen LogP contribution in [0.25, 0.3) is 0 Å². The van der Waals surface area contributed by atoms with Crippen molar-refractivity contribution in [1.29, 1.82) is 0 Å². The Bertz CT molecular complexity index is 358. The lowest BCUT2D eigenvalue weighted by Crippen LogP contribution is -2.49. The molecule has 0 saturated heterocycles. The van der Waals surface area contributed by atoms with Crippen molar-refractivity contribution in [3.63, 3.8) is 0 Å². The second kappa shape index (κ2) is 5.21. The fourth-order valence-corrected chi connectivity index (χ4v) is 3.25. The summed E-state index contributed by atoms with van der Waals surface area (Å²) >= 11 is 0. The summed E-state index contributed by atoms with van der Waals surface area (Å²) in [5.41, 5.74) is 8.03. The van der Waals surface area contributed by atoms with Crippen molar-refractivity contribution >= 4 is 0 Å². The third kappa shape index (κ3) is 2.89. The Kier molecular flexibility index (Phi) is 3.87. The molecule has 17 heavy (non-hydrogen) atoms. The highest BCUT2D eigenvalue weighted by atomic mass is 15.2. The number of hydrogen-bond acceptors (Lipinski definition) is 2. The number of nitrogens with two attached hydrogens (primary N) is 1. The van der Waals surface area contributed by atoms with E-state index in [4.69, 9.17) is 5.73 Å². The molecule has 0 radical (unpaired) electrons. The standard InChI is InChI=1S/C14H25N3/c1-3-13-6-4-5-8-14(13,15)9-7-12-10-16-17(2)11-12/h10-11,13H,3-9,15H2,1-2H3. The van der Waals surface area contributed by atoms with Gasteiger partial charge in [0.1, 0.15) is 0 Å². The van der Waals surface area contributed by atoms with Crippen molar-refractivity contribution in [3.05, 3.63) is 18.0 Å². The van der Waals surface area contributed by atoms with Gasteiger partial charge < -0.3 is 5.73 Å². The Morgan fingerprint density at radius 2 is 2.35 bits per heavy atom. The smallest absolute Gasteiger partial charge is 0.0521 e. The van der Waals surface area contributed by atoms with E-state index in [9.17, 15) is 0 Å². The lowest BCUT2D eigenvalue weighted by atomic mass is 9.69. The summed E-state index contributed by atoms with van der Waals surface area (Å²) in [4.78, 5) is 0. The summed E-state index contributed by atoms with van der Waals surface area (Å²) in [5, 5.41) is 4.22. The molecule has 0 aromatic carbocycles. The summed E-state index contributed by atoms with van der Waals surface area (Å²) < 4.78 is 1.87. The number of hydrogen-bond donors (Lipinski definition) is 1. The molecule has 1 aliphatic carbocycles. The predicted octanol–water partition coefficient (Wildman–Crippen LogP) is 2.65. The van der Waals surface area contributed by atoms with E-state index in [1.807, 2.05) is 17.9 Å². The van der Waals surface area contributed by atoms with Crippen molar-refractivity contribution in [2.45, 2.75) is 57.4 Å². The van der Waals surface area contributed by atoms with Crippen molar-refractivity contribution in [2.24, 2.45) is 18.7 Å². The zero-order chi connectivity index (χ0) is 12.3. The molecule has 2 rings (SSSR count). The number of aryl methyl sites for hydroxylation is 2. The first-order valence-corrected chi connectivity index (χ1v) is 6.90. The normalized spacial score (nSPS) is 29.5. The largest absolute Gasteiger partial charge is 0.325 e. The third-order valence-corrected chi connectivity index (χ3v) is 4.39. The number of rotatable bonds is 4. The first kappa shape index (κ1) is 12.6. The quantitative estimate of drug-likeness (QED) is 0.872. The van der Waals surface area contributed by atoms with E-state index >= 15 is 0 Å². The van der Waals surface area contributed by atoms with Crippen LogP contribution in [0, 0.1) is 5.92 Å². The van der Waals surface area contributed by atoms with Crippen LogP contribution in [-0.2, 0) is 13.5 Å². The fraction of sp³-hybridized carbons (Fsp3) is 0.786. The van der Waals surface area contributed by atoms with Crippen molar-refractivity contribution in [3.8, 4) is 0 Å². The van der Waals surface area contributed by atoms with Crippen LogP contribution in [0.4, 0.5) is 0 Å². The maximum Gasteiger partial charge on any atom is 0.0521 e. The van der Waals surface area contributed by atoms with Gasteiger partial charge in [-0.05, 0) is 37.2 Å². The summed E-state index contributed by atoms with van der Waals surface area (Å²) in [7, 11) is 1.97. The van der Waals surface area contributed by atoms with Crippen LogP contribution < -0.4 is 5.73 Å². The third-order valence-electron chi connectivity index (χ3n) is 4.39. The van der Waals surface area contributed by atoms with Gasteiger partial charge in [0.05, 0.1) is 6.20 Å². The molecule has 1 saturated carbocycles. The first-order valence-electron chi connectivity index (χ1n) is 6.90. The summed E-state index contributed by atoms with van der Waals surface area (Å²) in [6.07, 6.45) is 12.7. The van der Waals surface area contributed by atoms with E-state index in [0.29, 0.717) is 5.92 Å². The monoisotopic (exact) mass is 235 g/mol. The van der Waals surface area contributed by atoms with E-state index in [1.54, 1.807) is 0 Å². The van der Waals surface area contributed by atoms with Gasteiger partial charge >= 0.3 is 0 Å². The van der Waals surface area contributed by atoms with Gasteiger partial charge in [-0.1, -0.05) is 26.2 Å². The van der Waals surface area contributed by atoms with E-state index in [2.05, 4.69) is 18.2 Å². The van der Waals surface area contributed by atoms with Gasteiger partial charge in [0, 0.05) is 18.8 Å². The van der Waals surface area contributed by atoms with E-state index < -0.39 is 0 Å². The SMILES string of the molecule is CCC1CCCCC1(N)CCc1cnn(C)c1. The average molecular weight is 235 g/mol. The second-order valence-corrected chi connectivity index (χ2v) is 5.61. The topological polar surface area (TPSA) is 43.8 Å². The molecule has 1 aromatic rings. The average Bonchev–Trinajstić information content (AvgIpc) is 2.73. The summed E-state index contributed by atoms with van der Waals surface area (Å²) in [6.45, 7) is 2.28. The lowest BCUT2D eigenvalue weighted by molar-refractivity contribution is 0.171. The lowest BCUT2D eigenvalue weighted by Gasteiger charge is -2.41. The Morgan fingerprint density at radius 3 is 3.00 bits per heavy atom. The molecule has 3 nitrogen and oxygen atoms in total. The molecular formula is C14H25N3. The molecule has 2 N–H and O–H groups in total. The first-order chi connectivity index (χ1) is 8.14. The molecule has 1 aliphatic rings. The molecular weight excluding hydrogens is 210 g/mol. The molecule has 3 heteroatoms. The molecule has 1 aromatic heterocycles. The van der Waals surface area contributed by atoms with Crippen LogP contribution in [-0.4, -0.2) is 15.3 Å². The zero-order valence-corrected chi connectivity index (χ0v) is 11.2. The van der Waals surface area contributed by atoms with E-state index in [0.717, 1.165) is 12.8 Å². The highest BCUT2D eigenvalue weighted by molar-refractivity contribution is 5.06. The van der Waals surface area contributed by atoms with Gasteiger partial charge in [-0.25, -0.2) is 0 Å². The minimum absolute atomic E-state index is 0.0723. The van der Waals surface area contributed by atoms with Crippen LogP contribution in [0.3, 0.4) is 0 Å². The molecule has 2 atom stereocenters. The van der Waals surface area contributed by atoms with Gasteiger partial charge in [-0.15, -0.1) is 0 Å². The molecule has 0 amide bonds. The fourth-order valence-electron chi connectivity index (χ4n) is 3.25. The maximum absolute atomic E-state index is 6.64. The number of aromatic nitrogens is 2. The molecule has 0 spiro atoms. The van der Waals surface area contributed by atoms with Gasteiger partial charge in [0.2, 0.25) is 0 Å². The number of nitrogens with zero attached hydrogens (tertiary/aromatic N) is 2. The minimum Gasteiger partial charge on any atom is -0.325 e. The highest BCUT2D eigenvalue weighted by Gasteiger charge is 2.35. The van der Waals surface area contributed by atoms with Crippen molar-refractivity contribution < 1.29 is 0 Å². The van der Waals surface area contributed by atoms with Crippen LogP contribution in [0.15, 0.2) is 12.4 Å². The second-order valence-electron chi connectivity index (χ2n) is 5.61. The molecule has 2 unspecified atom stereocenters. The van der Waals surface area contributed by atoms with Crippen LogP contribution in [0.1, 0.15) is 51.0 Å². The van der Waals surface area contributed by atoms with Gasteiger partial charge in [0.15, 0.2) is 0 Å². The van der Waals surface area contributed by atoms with Gasteiger partial charge in [-0.3, -0.25) is 4.68 Å². The van der Waals surface area contributed by atoms with E-state index in [1.165, 1.54) is 37.7 Å². The molecule has 96 valence electrons. The minimum atomic E-state index is 0.0723. The van der Waals surface area contributed by atoms with Crippen LogP contribution in [0.5, 0.6) is 0 Å². The van der Waals surface area contributed by atoms with Crippen molar-refractivity contribution in [1.82, 2.24) is 9.78 Å². The Balaban J connectivity index is 1.95. The Hall–Kier alpha value is -0.830. The Labute approximate surface area is 104 Å². The zero-order valence-electron chi connectivity index (χ0n) is 11.2. The van der Waals surface area contributed by atoms with Crippen LogP contribution >= 0.6 is 0 Å². The summed E-state index contributed by atoms with van der Waals surface area (Å²) in [5.74, 6) is 0.716. The molecule has 0 bridgehead atoms.